The molecule has 12 aromatic rings. The van der Waals surface area contributed by atoms with Gasteiger partial charge in [-0.15, -0.1) is 0 Å². The Bertz CT molecular complexity index is 7210. The Morgan fingerprint density at radius 1 is 0.394 bits per heavy atom. The lowest BCUT2D eigenvalue weighted by atomic mass is 9.82. The number of imide groups is 4. The first-order chi connectivity index (χ1) is 65.7. The van der Waals surface area contributed by atoms with E-state index in [0.717, 1.165) is 35.1 Å². The number of pyridine rings is 4. The summed E-state index contributed by atoms with van der Waals surface area (Å²) in [6, 6.07) is 39.8. The van der Waals surface area contributed by atoms with Crippen molar-refractivity contribution >= 4 is 139 Å². The summed E-state index contributed by atoms with van der Waals surface area (Å²) in [5, 5.41) is 17.6. The molecule has 5 fully saturated rings. The predicted molar refractivity (Wildman–Crippen MR) is 478 cm³/mol. The standard InChI is InChI=1S/C26H27N5O6.C25H22N4O6.C23H20N4O6.C22H18N4O6/c1-30(2)9-8-27-23(33)18-6-7-20-19(28-18)11-21(37-20)26(12-22(32)29-25(26)35)14-31-13-15-4-5-16(36-3)10-17(15)24(31)34;1-34-15-5-2-13-11-29(23(32)16(13)8-15)12-25(10-21(30)28-24(25)33)20-9-18-19(35-20)7-6-17(27-18)22(31)26-14-3-4-14;1-24-20(29)15-5-6-17-16(25-15)8-18(33-17)23(9-19(28)26-22(23)31)11-27-10-12-3-4-13(32-2)7-14(12)21(27)30;1-31-12-3-2-11-9-26(20(29)13(11)6-12)10-22(8-18(27)25-21(22)30)17-7-15-16(32-17)5-4-14(24-15)19(23)28/h4-7,10-11H,8-9,12-14H2,1-3H3,(H,27,33)(H,29,32,35);2,5-9,14H,3-4,10-12H2,1H3,(H,26,31)(H,28,30,33);3-8H,9-11H2,1-2H3,(H,24,29)(H,26,28,31);2-7H,8-10H2,1H3,(H2,23,28)(H,25,27,30)/t26-;25-;23-;22-/m1111/s1. The van der Waals surface area contributed by atoms with Crippen LogP contribution in [0.25, 0.3) is 44.4 Å². The van der Waals surface area contributed by atoms with E-state index < -0.39 is 74.8 Å². The number of primary amides is 1. The molecule has 16 amide bonds. The quantitative estimate of drug-likeness (QED) is 0.0378. The van der Waals surface area contributed by atoms with E-state index in [1.54, 1.807) is 103 Å². The normalized spacial score (nSPS) is 20.0. The monoisotopic (exact) mass is 1860 g/mol. The number of carbonyl (C=O) groups excluding carboxylic acids is 16. The molecule has 41 nitrogen and oxygen atoms in total. The number of rotatable bonds is 24. The van der Waals surface area contributed by atoms with Crippen molar-refractivity contribution in [2.24, 2.45) is 5.73 Å². The Hall–Kier alpha value is -16.9. The molecular weight excluding hydrogens is 1780 g/mol. The van der Waals surface area contributed by atoms with Crippen LogP contribution in [-0.2, 0) is 86.2 Å². The molecule has 4 saturated heterocycles. The SMILES string of the molecule is CNC(=O)c1ccc2oc([C@]3(CN4Cc5ccc(OC)cc5C4=O)CC(=O)NC3=O)cc2n1.COc1ccc2c(c1)C(=O)N(C[C@@]1(c3cc4nc(C(=O)NC5CC5)ccc4o3)CC(=O)NC1=O)C2.COc1ccc2c(c1)C(=O)N(C[C@@]1(c3cc4nc(C(=O)NCCN(C)C)ccc4o3)CC(=O)NC1=O)C2.COc1ccc2c(c1)C(=O)N(C[C@@]1(c3cc4nc(C(N)=O)ccc4o3)CC(=O)NC1=O)C2. The smallest absolute Gasteiger partial charge is 0.270 e. The van der Waals surface area contributed by atoms with Gasteiger partial charge < -0.3 is 82.8 Å². The number of benzene rings is 4. The van der Waals surface area contributed by atoms with Gasteiger partial charge in [-0.1, -0.05) is 24.3 Å². The molecule has 41 heteroatoms. The van der Waals surface area contributed by atoms with Gasteiger partial charge in [0.05, 0.1) is 54.1 Å². The van der Waals surface area contributed by atoms with Gasteiger partial charge in [0.25, 0.3) is 47.3 Å². The maximum Gasteiger partial charge on any atom is 0.270 e. The van der Waals surface area contributed by atoms with E-state index in [-0.39, 0.29) is 158 Å². The molecule has 0 spiro atoms. The fourth-order valence-corrected chi connectivity index (χ4v) is 18.1. The summed E-state index contributed by atoms with van der Waals surface area (Å²) in [5.74, 6) is -3.62. The molecule has 8 aliphatic heterocycles. The number of methoxy groups -OCH3 is 4. The Morgan fingerprint density at radius 2 is 0.672 bits per heavy atom. The molecule has 0 bridgehead atoms. The number of amides is 16. The number of aromatic nitrogens is 4. The average Bonchev–Trinajstić information content (AvgIpc) is 1.60. The van der Waals surface area contributed by atoms with Crippen molar-refractivity contribution in [2.45, 2.75) is 92.4 Å². The van der Waals surface area contributed by atoms with Crippen LogP contribution in [0.3, 0.4) is 0 Å². The van der Waals surface area contributed by atoms with Gasteiger partial charge in [0, 0.05) is 125 Å². The van der Waals surface area contributed by atoms with Crippen LogP contribution in [-0.4, -0.2) is 234 Å². The summed E-state index contributed by atoms with van der Waals surface area (Å²) in [6.45, 7) is 2.08. The molecule has 9 N–H and O–H groups in total. The number of ether oxygens (including phenoxy) is 4. The summed E-state index contributed by atoms with van der Waals surface area (Å²) in [4.78, 5) is 228. The van der Waals surface area contributed by atoms with Gasteiger partial charge in [-0.05, 0) is 146 Å². The van der Waals surface area contributed by atoms with Crippen molar-refractivity contribution in [1.29, 1.82) is 0 Å². The van der Waals surface area contributed by atoms with Crippen LogP contribution in [0.2, 0.25) is 0 Å². The third kappa shape index (κ3) is 17.0. The van der Waals surface area contributed by atoms with E-state index >= 15 is 0 Å². The van der Waals surface area contributed by atoms with Crippen LogP contribution in [0.4, 0.5) is 0 Å². The zero-order valence-corrected chi connectivity index (χ0v) is 74.6. The predicted octanol–water partition coefficient (Wildman–Crippen LogP) is 4.75. The Labute approximate surface area is 776 Å². The number of furan rings is 4. The van der Waals surface area contributed by atoms with Crippen LogP contribution < -0.4 is 61.9 Å². The van der Waals surface area contributed by atoms with Gasteiger partial charge in [-0.25, -0.2) is 19.9 Å². The third-order valence-corrected chi connectivity index (χ3v) is 25.5. The molecular formula is C96H87N17O24. The lowest BCUT2D eigenvalue weighted by Crippen LogP contribution is -2.46. The van der Waals surface area contributed by atoms with Crippen LogP contribution in [0, 0.1) is 0 Å². The first kappa shape index (κ1) is 90.7. The van der Waals surface area contributed by atoms with E-state index in [1.807, 2.05) is 37.2 Å². The molecule has 21 rings (SSSR count). The van der Waals surface area contributed by atoms with Gasteiger partial charge in [0.15, 0.2) is 22.3 Å². The lowest BCUT2D eigenvalue weighted by molar-refractivity contribution is -0.128. The second kappa shape index (κ2) is 35.6. The molecule has 0 radical (unpaired) electrons. The third-order valence-electron chi connectivity index (χ3n) is 25.5. The second-order valence-corrected chi connectivity index (χ2v) is 34.8. The second-order valence-electron chi connectivity index (χ2n) is 34.8. The van der Waals surface area contributed by atoms with Gasteiger partial charge in [-0.3, -0.25) is 98.0 Å². The van der Waals surface area contributed by atoms with Crippen molar-refractivity contribution in [1.82, 2.24) is 81.7 Å². The average molecular weight is 1860 g/mol. The summed E-state index contributed by atoms with van der Waals surface area (Å²) in [5.41, 5.74) is 8.45. The first-order valence-corrected chi connectivity index (χ1v) is 43.3. The van der Waals surface area contributed by atoms with Crippen LogP contribution in [0.1, 0.15) is 167 Å². The van der Waals surface area contributed by atoms with Crippen molar-refractivity contribution in [3.63, 3.8) is 0 Å². The highest BCUT2D eigenvalue weighted by Gasteiger charge is 2.58. The highest BCUT2D eigenvalue weighted by molar-refractivity contribution is 6.14. The highest BCUT2D eigenvalue weighted by atomic mass is 16.5. The fourth-order valence-electron chi connectivity index (χ4n) is 18.1. The summed E-state index contributed by atoms with van der Waals surface area (Å²) in [6.07, 6.45) is 1.23. The van der Waals surface area contributed by atoms with Crippen LogP contribution in [0.5, 0.6) is 23.0 Å². The van der Waals surface area contributed by atoms with Gasteiger partial charge in [0.2, 0.25) is 47.3 Å². The lowest BCUT2D eigenvalue weighted by Gasteiger charge is -2.28. The Balaban J connectivity index is 0.000000122. The van der Waals surface area contributed by atoms with Crippen molar-refractivity contribution in [2.75, 3.05) is 88.9 Å². The molecule has 9 aliphatic rings. The molecule has 4 atom stereocenters. The van der Waals surface area contributed by atoms with E-state index in [9.17, 15) is 76.7 Å². The molecule has 8 aromatic heterocycles. The molecule has 0 unspecified atom stereocenters. The minimum Gasteiger partial charge on any atom is -0.497 e. The molecule has 1 aliphatic carbocycles. The number of likely N-dealkylation sites (N-methyl/N-ethyl adjacent to an activating group) is 1. The molecule has 16 heterocycles. The van der Waals surface area contributed by atoms with Gasteiger partial charge >= 0.3 is 0 Å². The maximum absolute atomic E-state index is 13.2. The molecule has 700 valence electrons. The number of nitrogens with one attached hydrogen (secondary N) is 7. The highest BCUT2D eigenvalue weighted by Crippen LogP contribution is 2.46. The number of carbonyl (C=O) groups is 16. The Morgan fingerprint density at radius 3 is 0.927 bits per heavy atom. The minimum atomic E-state index is -1.42. The first-order valence-electron chi connectivity index (χ1n) is 43.3. The van der Waals surface area contributed by atoms with E-state index in [0.29, 0.717) is 116 Å². The summed E-state index contributed by atoms with van der Waals surface area (Å²) >= 11 is 0. The zero-order valence-electron chi connectivity index (χ0n) is 74.6. The van der Waals surface area contributed by atoms with Gasteiger partial charge in [-0.2, -0.15) is 0 Å². The minimum absolute atomic E-state index is 0.0463. The van der Waals surface area contributed by atoms with E-state index in [1.165, 1.54) is 79.4 Å². The number of nitrogens with zero attached hydrogens (tertiary/aromatic N) is 9. The number of fused-ring (bicyclic) bond motifs is 8. The summed E-state index contributed by atoms with van der Waals surface area (Å²) < 4.78 is 44.7. The van der Waals surface area contributed by atoms with Crippen molar-refractivity contribution in [3.8, 4) is 23.0 Å². The molecule has 4 aromatic carbocycles. The van der Waals surface area contributed by atoms with Crippen LogP contribution in [0.15, 0.2) is 163 Å². The van der Waals surface area contributed by atoms with Gasteiger partial charge in [0.1, 0.15) is 113 Å². The topological polar surface area (TPSA) is 541 Å². The largest absolute Gasteiger partial charge is 0.497 e. The number of hydrogen-bond acceptors (Lipinski definition) is 29. The molecule has 137 heavy (non-hydrogen) atoms. The zero-order chi connectivity index (χ0) is 96.6. The van der Waals surface area contributed by atoms with Crippen LogP contribution >= 0.6 is 0 Å². The fraction of sp³-hybridized carbons (Fsp3) is 0.292. The molecule has 1 saturated carbocycles. The summed E-state index contributed by atoms with van der Waals surface area (Å²) in [7, 11) is 11.4. The van der Waals surface area contributed by atoms with E-state index in [4.69, 9.17) is 42.3 Å². The van der Waals surface area contributed by atoms with Crippen molar-refractivity contribution < 1.29 is 113 Å². The van der Waals surface area contributed by atoms with E-state index in [2.05, 4.69) is 57.2 Å². The Kier molecular flexibility index (Phi) is 23.5. The maximum atomic E-state index is 13.2. The number of hydrogen-bond donors (Lipinski definition) is 8. The van der Waals surface area contributed by atoms with Crippen molar-refractivity contribution in [3.05, 3.63) is 236 Å². The number of nitrogens with two attached hydrogens (primary N) is 1.